The minimum Gasteiger partial charge on any atom is -0.497 e. The van der Waals surface area contributed by atoms with Gasteiger partial charge >= 0.3 is 5.69 Å². The van der Waals surface area contributed by atoms with E-state index in [2.05, 4.69) is 10.3 Å². The van der Waals surface area contributed by atoms with Crippen LogP contribution in [0.1, 0.15) is 23.2 Å². The number of nitrogens with one attached hydrogen (secondary N) is 1. The number of ether oxygens (including phenoxy) is 1. The van der Waals surface area contributed by atoms with Crippen molar-refractivity contribution in [2.45, 2.75) is 37.4 Å². The van der Waals surface area contributed by atoms with Gasteiger partial charge in [-0.1, -0.05) is 23.9 Å². The van der Waals surface area contributed by atoms with Crippen LogP contribution in [0, 0.1) is 0 Å². The average molecular weight is 389 g/mol. The van der Waals surface area contributed by atoms with Crippen LogP contribution < -0.4 is 15.7 Å². The van der Waals surface area contributed by atoms with E-state index in [1.54, 1.807) is 11.7 Å². The van der Waals surface area contributed by atoms with Gasteiger partial charge in [0, 0.05) is 17.8 Å². The zero-order valence-electron chi connectivity index (χ0n) is 15.2. The molecular weight excluding hydrogens is 366 g/mol. The Morgan fingerprint density at radius 3 is 3.04 bits per heavy atom. The van der Waals surface area contributed by atoms with Gasteiger partial charge < -0.3 is 15.2 Å². The van der Waals surface area contributed by atoms with Crippen molar-refractivity contribution < 1.29 is 14.6 Å². The fraction of sp³-hybridized carbons (Fsp3) is 0.421. The van der Waals surface area contributed by atoms with Crippen LogP contribution in [0.4, 0.5) is 0 Å². The summed E-state index contributed by atoms with van der Waals surface area (Å²) in [6.45, 7) is 0.591. The van der Waals surface area contributed by atoms with E-state index in [1.807, 2.05) is 24.3 Å². The van der Waals surface area contributed by atoms with E-state index in [9.17, 15) is 9.59 Å². The molecule has 0 bridgehead atoms. The Balaban J connectivity index is 1.61. The van der Waals surface area contributed by atoms with Gasteiger partial charge in [-0.25, -0.2) is 4.79 Å². The smallest absolute Gasteiger partial charge is 0.348 e. The van der Waals surface area contributed by atoms with Gasteiger partial charge in [-0.3, -0.25) is 9.36 Å². The predicted octanol–water partition coefficient (Wildman–Crippen LogP) is 1.14. The standard InChI is InChI=1S/C19H23N3O4S/c1-26-14-5-2-4-13(10-14)11-20-17(24)12-27-18-15-6-3-7-16(15)22(8-9-23)19(25)21-18/h2,4-5,10,23H,3,6-9,11-12H2,1H3,(H,20,24). The Bertz CT molecular complexity index is 882. The van der Waals surface area contributed by atoms with Crippen molar-refractivity contribution in [2.24, 2.45) is 0 Å². The molecule has 1 aliphatic rings. The monoisotopic (exact) mass is 389 g/mol. The molecule has 144 valence electrons. The third-order valence-electron chi connectivity index (χ3n) is 4.49. The largest absolute Gasteiger partial charge is 0.497 e. The number of fused-ring (bicyclic) bond motifs is 1. The van der Waals surface area contributed by atoms with E-state index >= 15 is 0 Å². The van der Waals surface area contributed by atoms with Crippen LogP contribution >= 0.6 is 11.8 Å². The quantitative estimate of drug-likeness (QED) is 0.520. The fourth-order valence-electron chi connectivity index (χ4n) is 3.20. The lowest BCUT2D eigenvalue weighted by Crippen LogP contribution is -2.29. The summed E-state index contributed by atoms with van der Waals surface area (Å²) in [6.07, 6.45) is 2.62. The molecule has 0 spiro atoms. The molecule has 8 heteroatoms. The van der Waals surface area contributed by atoms with E-state index < -0.39 is 0 Å². The second kappa shape index (κ2) is 9.05. The Kier molecular flexibility index (Phi) is 6.52. The first-order valence-electron chi connectivity index (χ1n) is 8.88. The van der Waals surface area contributed by atoms with Crippen LogP contribution in [-0.2, 0) is 30.7 Å². The number of methoxy groups -OCH3 is 1. The molecule has 3 rings (SSSR count). The number of benzene rings is 1. The lowest BCUT2D eigenvalue weighted by atomic mass is 10.2. The highest BCUT2D eigenvalue weighted by atomic mass is 32.2. The van der Waals surface area contributed by atoms with Crippen molar-refractivity contribution in [2.75, 3.05) is 19.5 Å². The van der Waals surface area contributed by atoms with Gasteiger partial charge in [-0.2, -0.15) is 4.98 Å². The third-order valence-corrected chi connectivity index (χ3v) is 5.51. The number of hydrogen-bond acceptors (Lipinski definition) is 6. The molecule has 1 aromatic carbocycles. The van der Waals surface area contributed by atoms with Crippen molar-refractivity contribution >= 4 is 17.7 Å². The van der Waals surface area contributed by atoms with Crippen molar-refractivity contribution in [1.29, 1.82) is 0 Å². The summed E-state index contributed by atoms with van der Waals surface area (Å²) in [5.74, 6) is 0.836. The summed E-state index contributed by atoms with van der Waals surface area (Å²) in [6, 6.07) is 7.53. The number of amides is 1. The number of aliphatic hydroxyl groups is 1. The average Bonchev–Trinajstić information content (AvgIpc) is 3.17. The summed E-state index contributed by atoms with van der Waals surface area (Å²) in [4.78, 5) is 28.6. The second-order valence-corrected chi connectivity index (χ2v) is 7.23. The summed E-state index contributed by atoms with van der Waals surface area (Å²) in [5.41, 5.74) is 2.58. The normalized spacial score (nSPS) is 12.7. The zero-order valence-corrected chi connectivity index (χ0v) is 16.1. The lowest BCUT2D eigenvalue weighted by molar-refractivity contribution is -0.118. The Labute approximate surface area is 161 Å². The van der Waals surface area contributed by atoms with Gasteiger partial charge in [-0.15, -0.1) is 0 Å². The van der Waals surface area contributed by atoms with Gasteiger partial charge in [0.05, 0.1) is 26.0 Å². The first-order valence-corrected chi connectivity index (χ1v) is 9.87. The number of carbonyl (C=O) groups excluding carboxylic acids is 1. The highest BCUT2D eigenvalue weighted by Crippen LogP contribution is 2.29. The molecule has 7 nitrogen and oxygen atoms in total. The molecule has 1 heterocycles. The molecule has 0 fully saturated rings. The molecule has 0 saturated carbocycles. The molecule has 0 saturated heterocycles. The number of aromatic nitrogens is 2. The fourth-order valence-corrected chi connectivity index (χ4v) is 4.11. The molecular formula is C19H23N3O4S. The van der Waals surface area contributed by atoms with E-state index in [4.69, 9.17) is 9.84 Å². The van der Waals surface area contributed by atoms with Crippen LogP contribution in [0.2, 0.25) is 0 Å². The van der Waals surface area contributed by atoms with E-state index in [0.29, 0.717) is 11.6 Å². The van der Waals surface area contributed by atoms with Crippen LogP contribution in [0.15, 0.2) is 34.1 Å². The molecule has 1 amide bonds. The summed E-state index contributed by atoms with van der Waals surface area (Å²) >= 11 is 1.29. The van der Waals surface area contributed by atoms with Crippen LogP contribution in [-0.4, -0.2) is 40.0 Å². The van der Waals surface area contributed by atoms with Crippen molar-refractivity contribution in [3.63, 3.8) is 0 Å². The van der Waals surface area contributed by atoms with E-state index in [0.717, 1.165) is 41.8 Å². The molecule has 1 aromatic heterocycles. The summed E-state index contributed by atoms with van der Waals surface area (Å²) in [5, 5.41) is 12.7. The Hall–Kier alpha value is -2.32. The molecule has 0 unspecified atom stereocenters. The van der Waals surface area contributed by atoms with E-state index in [1.165, 1.54) is 11.8 Å². The minimum atomic E-state index is -0.357. The number of carbonyl (C=O) groups is 1. The maximum atomic E-state index is 12.2. The van der Waals surface area contributed by atoms with Crippen molar-refractivity contribution in [3.05, 3.63) is 51.6 Å². The second-order valence-electron chi connectivity index (χ2n) is 6.27. The topological polar surface area (TPSA) is 93.5 Å². The number of rotatable bonds is 8. The Morgan fingerprint density at radius 2 is 2.26 bits per heavy atom. The maximum Gasteiger partial charge on any atom is 0.348 e. The van der Waals surface area contributed by atoms with Crippen molar-refractivity contribution in [3.8, 4) is 5.75 Å². The SMILES string of the molecule is COc1cccc(CNC(=O)CSc2nc(=O)n(CCO)c3c2CCC3)c1. The highest BCUT2D eigenvalue weighted by molar-refractivity contribution is 7.99. The lowest BCUT2D eigenvalue weighted by Gasteiger charge is -2.13. The van der Waals surface area contributed by atoms with Gasteiger partial charge in [-0.05, 0) is 37.0 Å². The molecule has 0 radical (unpaired) electrons. The summed E-state index contributed by atoms with van der Waals surface area (Å²) < 4.78 is 6.73. The Morgan fingerprint density at radius 1 is 1.41 bits per heavy atom. The van der Waals surface area contributed by atoms with Crippen LogP contribution in [0.5, 0.6) is 5.75 Å². The zero-order chi connectivity index (χ0) is 19.2. The number of nitrogens with zero attached hydrogens (tertiary/aromatic N) is 2. The van der Waals surface area contributed by atoms with Crippen LogP contribution in [0.25, 0.3) is 0 Å². The molecule has 0 atom stereocenters. The minimum absolute atomic E-state index is 0.0901. The molecule has 2 N–H and O–H groups in total. The molecule has 1 aliphatic carbocycles. The number of aliphatic hydroxyl groups excluding tert-OH is 1. The van der Waals surface area contributed by atoms with Gasteiger partial charge in [0.25, 0.3) is 0 Å². The number of hydrogen-bond donors (Lipinski definition) is 2. The number of thioether (sulfide) groups is 1. The van der Waals surface area contributed by atoms with Crippen LogP contribution in [0.3, 0.4) is 0 Å². The van der Waals surface area contributed by atoms with Gasteiger partial charge in [0.15, 0.2) is 0 Å². The molecule has 2 aromatic rings. The molecule has 27 heavy (non-hydrogen) atoms. The molecule has 0 aliphatic heterocycles. The first-order chi connectivity index (χ1) is 13.1. The first kappa shape index (κ1) is 19.4. The highest BCUT2D eigenvalue weighted by Gasteiger charge is 2.22. The van der Waals surface area contributed by atoms with E-state index in [-0.39, 0.29) is 30.5 Å². The predicted molar refractivity (Wildman–Crippen MR) is 103 cm³/mol. The van der Waals surface area contributed by atoms with Gasteiger partial charge in [0.1, 0.15) is 10.8 Å². The van der Waals surface area contributed by atoms with Gasteiger partial charge in [0.2, 0.25) is 5.91 Å². The van der Waals surface area contributed by atoms with Crippen molar-refractivity contribution in [1.82, 2.24) is 14.9 Å². The maximum absolute atomic E-state index is 12.2. The summed E-state index contributed by atoms with van der Waals surface area (Å²) in [7, 11) is 1.61. The third kappa shape index (κ3) is 4.70.